The van der Waals surface area contributed by atoms with Crippen LogP contribution >= 0.6 is 11.3 Å². The summed E-state index contributed by atoms with van der Waals surface area (Å²) < 4.78 is 1.12. The number of amides is 4. The van der Waals surface area contributed by atoms with Gasteiger partial charge in [0.2, 0.25) is 5.91 Å². The summed E-state index contributed by atoms with van der Waals surface area (Å²) in [7, 11) is 0. The van der Waals surface area contributed by atoms with Gasteiger partial charge in [-0.3, -0.25) is 9.59 Å². The fourth-order valence-corrected chi connectivity index (χ4v) is 5.46. The lowest BCUT2D eigenvalue weighted by atomic mass is 10.0. The van der Waals surface area contributed by atoms with E-state index in [2.05, 4.69) is 10.6 Å². The summed E-state index contributed by atoms with van der Waals surface area (Å²) in [5.74, 6) is 0.0322. The van der Waals surface area contributed by atoms with E-state index >= 15 is 0 Å². The van der Waals surface area contributed by atoms with Gasteiger partial charge in [0.15, 0.2) is 0 Å². The second-order valence-corrected chi connectivity index (χ2v) is 9.23. The van der Waals surface area contributed by atoms with Crippen molar-refractivity contribution in [1.29, 1.82) is 0 Å². The first-order chi connectivity index (χ1) is 15.5. The molecule has 8 heteroatoms. The molecule has 5 rings (SSSR count). The van der Waals surface area contributed by atoms with Crippen molar-refractivity contribution >= 4 is 50.6 Å². The molecular formula is C24H24N4O3S. The number of benzene rings is 2. The number of carbonyl (C=O) groups excluding carboxylic acids is 3. The van der Waals surface area contributed by atoms with Crippen molar-refractivity contribution in [3.05, 3.63) is 58.5 Å². The molecule has 2 N–H and O–H groups in total. The Bertz CT molecular complexity index is 1230. The Morgan fingerprint density at radius 1 is 1.00 bits per heavy atom. The van der Waals surface area contributed by atoms with Gasteiger partial charge in [0.1, 0.15) is 0 Å². The molecule has 0 radical (unpaired) electrons. The van der Waals surface area contributed by atoms with Crippen LogP contribution in [0.4, 0.5) is 16.2 Å². The topological polar surface area (TPSA) is 81.8 Å². The second kappa shape index (κ2) is 8.27. The van der Waals surface area contributed by atoms with E-state index in [0.717, 1.165) is 31.8 Å². The zero-order valence-electron chi connectivity index (χ0n) is 17.8. The molecule has 0 saturated carbocycles. The molecule has 0 spiro atoms. The number of nitrogens with one attached hydrogen (secondary N) is 2. The molecule has 2 aliphatic heterocycles. The number of hydrogen-bond acceptors (Lipinski definition) is 4. The standard InChI is InChI=1S/C24H24N4O3S/c1-15-18-4-2-3-5-20(18)32-22(15)23(30)27-10-12-28(13-11-27)24(31)25-17-8-6-16-7-9-21(29)26-19(16)14-17/h2-6,8,14H,7,9-13H2,1H3,(H,25,31)(H,26,29). The normalized spacial score (nSPS) is 16.0. The number of rotatable bonds is 2. The maximum Gasteiger partial charge on any atom is 0.321 e. The number of nitrogens with zero attached hydrogens (tertiary/aromatic N) is 2. The van der Waals surface area contributed by atoms with Gasteiger partial charge < -0.3 is 20.4 Å². The number of hydrogen-bond donors (Lipinski definition) is 2. The third kappa shape index (κ3) is 3.82. The number of aryl methyl sites for hydroxylation is 2. The third-order valence-corrected chi connectivity index (χ3v) is 7.41. The minimum atomic E-state index is -0.197. The van der Waals surface area contributed by atoms with E-state index < -0.39 is 0 Å². The molecular weight excluding hydrogens is 424 g/mol. The van der Waals surface area contributed by atoms with Crippen LogP contribution in [0.15, 0.2) is 42.5 Å². The molecule has 164 valence electrons. The van der Waals surface area contributed by atoms with Crippen LogP contribution in [-0.4, -0.2) is 53.8 Å². The van der Waals surface area contributed by atoms with Gasteiger partial charge in [0.25, 0.3) is 5.91 Å². The van der Waals surface area contributed by atoms with E-state index in [0.29, 0.717) is 44.7 Å². The van der Waals surface area contributed by atoms with E-state index in [1.807, 2.05) is 48.2 Å². The summed E-state index contributed by atoms with van der Waals surface area (Å²) in [5, 5.41) is 6.89. The molecule has 0 bridgehead atoms. The summed E-state index contributed by atoms with van der Waals surface area (Å²) in [6.07, 6.45) is 1.20. The largest absolute Gasteiger partial charge is 0.334 e. The maximum absolute atomic E-state index is 13.1. The average Bonchev–Trinajstić information content (AvgIpc) is 3.15. The zero-order valence-corrected chi connectivity index (χ0v) is 18.6. The van der Waals surface area contributed by atoms with Crippen molar-refractivity contribution in [1.82, 2.24) is 9.80 Å². The van der Waals surface area contributed by atoms with Crippen LogP contribution in [-0.2, 0) is 11.2 Å². The molecule has 2 aliphatic rings. The molecule has 1 saturated heterocycles. The number of fused-ring (bicyclic) bond motifs is 2. The van der Waals surface area contributed by atoms with Gasteiger partial charge in [-0.05, 0) is 48.1 Å². The summed E-state index contributed by atoms with van der Waals surface area (Å²) in [4.78, 5) is 41.8. The van der Waals surface area contributed by atoms with Crippen LogP contribution < -0.4 is 10.6 Å². The molecule has 7 nitrogen and oxygen atoms in total. The fraction of sp³-hybridized carbons (Fsp3) is 0.292. The predicted octanol–water partition coefficient (Wildman–Crippen LogP) is 4.08. The van der Waals surface area contributed by atoms with E-state index in [9.17, 15) is 14.4 Å². The van der Waals surface area contributed by atoms with Gasteiger partial charge in [0, 0.05) is 48.7 Å². The first-order valence-electron chi connectivity index (χ1n) is 10.8. The summed E-state index contributed by atoms with van der Waals surface area (Å²) in [6, 6.07) is 13.5. The Kier molecular flexibility index (Phi) is 5.30. The quantitative estimate of drug-likeness (QED) is 0.620. The van der Waals surface area contributed by atoms with Crippen LogP contribution in [0.1, 0.15) is 27.2 Å². The monoisotopic (exact) mass is 448 g/mol. The lowest BCUT2D eigenvalue weighted by molar-refractivity contribution is -0.116. The Balaban J connectivity index is 1.21. The minimum absolute atomic E-state index is 0.00404. The highest BCUT2D eigenvalue weighted by molar-refractivity contribution is 7.21. The van der Waals surface area contributed by atoms with Crippen LogP contribution in [0.3, 0.4) is 0 Å². The van der Waals surface area contributed by atoms with Gasteiger partial charge in [-0.2, -0.15) is 0 Å². The Morgan fingerprint density at radius 3 is 2.53 bits per heavy atom. The zero-order chi connectivity index (χ0) is 22.2. The average molecular weight is 449 g/mol. The first-order valence-corrected chi connectivity index (χ1v) is 11.6. The molecule has 0 aliphatic carbocycles. The molecule has 32 heavy (non-hydrogen) atoms. The summed E-state index contributed by atoms with van der Waals surface area (Å²) in [6.45, 7) is 3.95. The van der Waals surface area contributed by atoms with Crippen LogP contribution in [0.25, 0.3) is 10.1 Å². The van der Waals surface area contributed by atoms with E-state index in [1.165, 1.54) is 11.3 Å². The van der Waals surface area contributed by atoms with Gasteiger partial charge >= 0.3 is 6.03 Å². The van der Waals surface area contributed by atoms with Crippen LogP contribution in [0, 0.1) is 6.92 Å². The molecule has 0 atom stereocenters. The molecule has 3 aromatic rings. The Hall–Kier alpha value is -3.39. The van der Waals surface area contributed by atoms with E-state index in [-0.39, 0.29) is 17.8 Å². The van der Waals surface area contributed by atoms with Crippen molar-refractivity contribution < 1.29 is 14.4 Å². The highest BCUT2D eigenvalue weighted by Crippen LogP contribution is 2.32. The van der Waals surface area contributed by atoms with E-state index in [1.54, 1.807) is 11.0 Å². The van der Waals surface area contributed by atoms with Gasteiger partial charge in [-0.25, -0.2) is 4.79 Å². The Labute approximate surface area is 190 Å². The van der Waals surface area contributed by atoms with Crippen molar-refractivity contribution in [3.63, 3.8) is 0 Å². The lowest BCUT2D eigenvalue weighted by Crippen LogP contribution is -2.51. The molecule has 3 heterocycles. The van der Waals surface area contributed by atoms with Crippen molar-refractivity contribution in [2.75, 3.05) is 36.8 Å². The van der Waals surface area contributed by atoms with Crippen LogP contribution in [0.2, 0.25) is 0 Å². The number of urea groups is 1. The van der Waals surface area contributed by atoms with Crippen molar-refractivity contribution in [3.8, 4) is 0 Å². The number of thiophene rings is 1. The highest BCUT2D eigenvalue weighted by atomic mass is 32.1. The lowest BCUT2D eigenvalue weighted by Gasteiger charge is -2.34. The number of carbonyl (C=O) groups is 3. The highest BCUT2D eigenvalue weighted by Gasteiger charge is 2.27. The first kappa shape index (κ1) is 20.5. The Morgan fingerprint density at radius 2 is 1.75 bits per heavy atom. The molecule has 4 amide bonds. The minimum Gasteiger partial charge on any atom is -0.334 e. The summed E-state index contributed by atoms with van der Waals surface area (Å²) >= 11 is 1.53. The van der Waals surface area contributed by atoms with E-state index in [4.69, 9.17) is 0 Å². The molecule has 1 aromatic heterocycles. The fourth-order valence-electron chi connectivity index (χ4n) is 4.29. The summed E-state index contributed by atoms with van der Waals surface area (Å²) in [5.41, 5.74) is 3.50. The van der Waals surface area contributed by atoms with Gasteiger partial charge in [-0.1, -0.05) is 24.3 Å². The third-order valence-electron chi connectivity index (χ3n) is 6.15. The van der Waals surface area contributed by atoms with Crippen molar-refractivity contribution in [2.24, 2.45) is 0 Å². The SMILES string of the molecule is Cc1c(C(=O)N2CCN(C(=O)Nc3ccc4c(c3)NC(=O)CC4)CC2)sc2ccccc12. The van der Waals surface area contributed by atoms with Crippen molar-refractivity contribution in [2.45, 2.75) is 19.8 Å². The second-order valence-electron chi connectivity index (χ2n) is 8.18. The van der Waals surface area contributed by atoms with Gasteiger partial charge in [0.05, 0.1) is 4.88 Å². The number of piperazine rings is 1. The van der Waals surface area contributed by atoms with Gasteiger partial charge in [-0.15, -0.1) is 11.3 Å². The molecule has 0 unspecified atom stereocenters. The smallest absolute Gasteiger partial charge is 0.321 e. The van der Waals surface area contributed by atoms with Crippen LogP contribution in [0.5, 0.6) is 0 Å². The molecule has 1 fully saturated rings. The number of anilines is 2. The maximum atomic E-state index is 13.1. The molecule has 2 aromatic carbocycles. The predicted molar refractivity (Wildman–Crippen MR) is 126 cm³/mol.